The van der Waals surface area contributed by atoms with E-state index < -0.39 is 17.0 Å². The fraction of sp³-hybridized carbons (Fsp3) is 0.588. The highest BCUT2D eigenvalue weighted by atomic mass is 35.5. The summed E-state index contributed by atoms with van der Waals surface area (Å²) in [6, 6.07) is 3.97. The molecule has 1 atom stereocenters. The summed E-state index contributed by atoms with van der Waals surface area (Å²) in [6.07, 6.45) is 3.25. The van der Waals surface area contributed by atoms with Crippen LogP contribution in [0, 0.1) is 17.6 Å². The number of rotatable bonds is 6. The molecule has 130 valence electrons. The molecule has 0 radical (unpaired) electrons. The maximum atomic E-state index is 14.2. The first-order valence-electron chi connectivity index (χ1n) is 7.87. The van der Waals surface area contributed by atoms with Gasteiger partial charge in [0, 0.05) is 30.0 Å². The average molecular weight is 347 g/mol. The molecule has 1 amide bonds. The molecule has 0 aliphatic heterocycles. The number of carbonyl (C=O) groups is 1. The summed E-state index contributed by atoms with van der Waals surface area (Å²) >= 11 is 0. The van der Waals surface area contributed by atoms with Gasteiger partial charge in [0.2, 0.25) is 5.91 Å². The van der Waals surface area contributed by atoms with Gasteiger partial charge in [-0.05, 0) is 32.0 Å². The molecule has 0 saturated heterocycles. The zero-order valence-electron chi connectivity index (χ0n) is 13.6. The van der Waals surface area contributed by atoms with Crippen LogP contribution in [0.3, 0.4) is 0 Å². The highest BCUT2D eigenvalue weighted by Crippen LogP contribution is 2.42. The Balaban J connectivity index is 0.00000264. The van der Waals surface area contributed by atoms with Crippen LogP contribution in [0.25, 0.3) is 0 Å². The van der Waals surface area contributed by atoms with E-state index in [9.17, 15) is 13.6 Å². The molecule has 1 aliphatic rings. The predicted molar refractivity (Wildman–Crippen MR) is 89.9 cm³/mol. The summed E-state index contributed by atoms with van der Waals surface area (Å²) in [5.74, 6) is -1.29. The topological polar surface area (TPSA) is 41.1 Å². The molecule has 23 heavy (non-hydrogen) atoms. The van der Waals surface area contributed by atoms with Gasteiger partial charge in [0.15, 0.2) is 0 Å². The summed E-state index contributed by atoms with van der Waals surface area (Å²) in [5, 5.41) is 5.85. The molecule has 1 aliphatic carbocycles. The maximum absolute atomic E-state index is 14.2. The van der Waals surface area contributed by atoms with Crippen molar-refractivity contribution in [2.75, 3.05) is 20.1 Å². The molecule has 1 saturated carbocycles. The normalized spacial score (nSPS) is 17.4. The van der Waals surface area contributed by atoms with E-state index in [0.717, 1.165) is 12.8 Å². The highest BCUT2D eigenvalue weighted by molar-refractivity contribution is 5.85. The van der Waals surface area contributed by atoms with Gasteiger partial charge in [-0.25, -0.2) is 8.78 Å². The molecular formula is C17H25ClF2N2O. The Morgan fingerprint density at radius 2 is 1.83 bits per heavy atom. The Hall–Kier alpha value is -1.20. The van der Waals surface area contributed by atoms with Crippen molar-refractivity contribution in [1.29, 1.82) is 0 Å². The second-order valence-corrected chi connectivity index (χ2v) is 6.26. The van der Waals surface area contributed by atoms with Crippen molar-refractivity contribution in [2.45, 2.75) is 38.0 Å². The molecular weight excluding hydrogens is 322 g/mol. The maximum Gasteiger partial charge on any atom is 0.224 e. The van der Waals surface area contributed by atoms with Crippen LogP contribution in [-0.4, -0.2) is 26.0 Å². The van der Waals surface area contributed by atoms with Crippen LogP contribution >= 0.6 is 12.4 Å². The van der Waals surface area contributed by atoms with Gasteiger partial charge in [-0.3, -0.25) is 4.79 Å². The molecule has 6 heteroatoms. The lowest BCUT2D eigenvalue weighted by molar-refractivity contribution is -0.124. The van der Waals surface area contributed by atoms with Gasteiger partial charge in [-0.15, -0.1) is 12.4 Å². The predicted octanol–water partition coefficient (Wildman–Crippen LogP) is 3.17. The molecule has 0 bridgehead atoms. The van der Waals surface area contributed by atoms with Gasteiger partial charge in [0.1, 0.15) is 11.6 Å². The van der Waals surface area contributed by atoms with Crippen molar-refractivity contribution in [3.63, 3.8) is 0 Å². The van der Waals surface area contributed by atoms with Gasteiger partial charge in [0.25, 0.3) is 0 Å². The number of amides is 1. The van der Waals surface area contributed by atoms with Crippen LogP contribution in [0.5, 0.6) is 0 Å². The van der Waals surface area contributed by atoms with E-state index in [2.05, 4.69) is 10.6 Å². The van der Waals surface area contributed by atoms with Crippen molar-refractivity contribution in [3.8, 4) is 0 Å². The lowest BCUT2D eigenvalue weighted by Gasteiger charge is -2.31. The molecule has 0 aromatic heterocycles. The molecule has 0 spiro atoms. The van der Waals surface area contributed by atoms with E-state index in [1.165, 1.54) is 18.2 Å². The summed E-state index contributed by atoms with van der Waals surface area (Å²) < 4.78 is 28.4. The minimum atomic E-state index is -0.621. The van der Waals surface area contributed by atoms with E-state index in [0.29, 0.717) is 19.4 Å². The summed E-state index contributed by atoms with van der Waals surface area (Å²) in [6.45, 7) is 2.70. The highest BCUT2D eigenvalue weighted by Gasteiger charge is 2.40. The number of nitrogens with one attached hydrogen (secondary N) is 2. The van der Waals surface area contributed by atoms with Gasteiger partial charge in [-0.1, -0.05) is 25.8 Å². The molecule has 1 aromatic rings. The minimum Gasteiger partial charge on any atom is -0.355 e. The lowest BCUT2D eigenvalue weighted by Crippen LogP contribution is -2.43. The first kappa shape index (κ1) is 19.8. The van der Waals surface area contributed by atoms with Crippen LogP contribution in [0.4, 0.5) is 8.78 Å². The number of benzene rings is 1. The van der Waals surface area contributed by atoms with Gasteiger partial charge >= 0.3 is 0 Å². The second-order valence-electron chi connectivity index (χ2n) is 6.26. The average Bonchev–Trinajstić information content (AvgIpc) is 2.94. The molecule has 2 rings (SSSR count). The Kier molecular flexibility index (Phi) is 7.42. The van der Waals surface area contributed by atoms with Crippen molar-refractivity contribution in [3.05, 3.63) is 35.4 Å². The number of halogens is 3. The SMILES string of the molecule is CNCC(C)C(=O)NCC1(c2c(F)cccc2F)CCCC1.Cl. The Morgan fingerprint density at radius 1 is 1.26 bits per heavy atom. The standard InChI is InChI=1S/C17H24F2N2O.ClH/c1-12(10-20-2)16(22)21-11-17(8-3-4-9-17)15-13(18)6-5-7-14(15)19;/h5-7,12,20H,3-4,8-11H2,1-2H3,(H,21,22);1H. The molecule has 3 nitrogen and oxygen atoms in total. The summed E-state index contributed by atoms with van der Waals surface area (Å²) in [4.78, 5) is 12.1. The van der Waals surface area contributed by atoms with E-state index in [4.69, 9.17) is 0 Å². The zero-order chi connectivity index (χ0) is 16.2. The molecule has 1 fully saturated rings. The van der Waals surface area contributed by atoms with Gasteiger partial charge in [-0.2, -0.15) is 0 Å². The van der Waals surface area contributed by atoms with Crippen LogP contribution in [-0.2, 0) is 10.2 Å². The van der Waals surface area contributed by atoms with Crippen molar-refractivity contribution < 1.29 is 13.6 Å². The van der Waals surface area contributed by atoms with Crippen molar-refractivity contribution in [1.82, 2.24) is 10.6 Å². The summed E-state index contributed by atoms with van der Waals surface area (Å²) in [7, 11) is 1.79. The van der Waals surface area contributed by atoms with E-state index in [-0.39, 0.29) is 36.3 Å². The van der Waals surface area contributed by atoms with E-state index in [1.807, 2.05) is 6.92 Å². The van der Waals surface area contributed by atoms with Crippen molar-refractivity contribution >= 4 is 18.3 Å². The fourth-order valence-corrected chi connectivity index (χ4v) is 3.40. The van der Waals surface area contributed by atoms with Crippen LogP contribution in [0.1, 0.15) is 38.2 Å². The summed E-state index contributed by atoms with van der Waals surface area (Å²) in [5.41, 5.74) is -0.487. The van der Waals surface area contributed by atoms with E-state index in [1.54, 1.807) is 7.05 Å². The third-order valence-electron chi connectivity index (χ3n) is 4.61. The van der Waals surface area contributed by atoms with E-state index >= 15 is 0 Å². The molecule has 1 aromatic carbocycles. The van der Waals surface area contributed by atoms with Gasteiger partial charge in [0.05, 0.1) is 0 Å². The van der Waals surface area contributed by atoms with Gasteiger partial charge < -0.3 is 10.6 Å². The van der Waals surface area contributed by atoms with Crippen LogP contribution in [0.2, 0.25) is 0 Å². The first-order chi connectivity index (χ1) is 10.5. The minimum absolute atomic E-state index is 0. The quantitative estimate of drug-likeness (QED) is 0.830. The fourth-order valence-electron chi connectivity index (χ4n) is 3.40. The largest absolute Gasteiger partial charge is 0.355 e. The zero-order valence-corrected chi connectivity index (χ0v) is 14.4. The second kappa shape index (κ2) is 8.60. The number of hydrogen-bond acceptors (Lipinski definition) is 2. The Labute approximate surface area is 142 Å². The molecule has 0 heterocycles. The van der Waals surface area contributed by atoms with Crippen LogP contribution < -0.4 is 10.6 Å². The smallest absolute Gasteiger partial charge is 0.224 e. The third kappa shape index (κ3) is 4.42. The first-order valence-corrected chi connectivity index (χ1v) is 7.87. The number of hydrogen-bond donors (Lipinski definition) is 2. The lowest BCUT2D eigenvalue weighted by atomic mass is 9.78. The molecule has 2 N–H and O–H groups in total. The Bertz CT molecular complexity index is 513. The Morgan fingerprint density at radius 3 is 2.35 bits per heavy atom. The number of carbonyl (C=O) groups excluding carboxylic acids is 1. The molecule has 1 unspecified atom stereocenters. The monoisotopic (exact) mass is 346 g/mol. The third-order valence-corrected chi connectivity index (χ3v) is 4.61. The van der Waals surface area contributed by atoms with Crippen molar-refractivity contribution in [2.24, 2.45) is 5.92 Å². The van der Waals surface area contributed by atoms with Crippen LogP contribution in [0.15, 0.2) is 18.2 Å².